The Morgan fingerprint density at radius 1 is 1.21 bits per heavy atom. The molecule has 28 heavy (non-hydrogen) atoms. The summed E-state index contributed by atoms with van der Waals surface area (Å²) in [5, 5.41) is 11.3. The number of benzene rings is 1. The zero-order valence-corrected chi connectivity index (χ0v) is 16.6. The SMILES string of the molecule is CC(C)S(=O)(=O)c1ccc(-c2cnc3[nH]cc(C(=O)N[C@H](C)CO)c3n2)cc1. The number of aliphatic hydroxyl groups is 1. The highest BCUT2D eigenvalue weighted by Crippen LogP contribution is 2.24. The van der Waals surface area contributed by atoms with Crippen molar-refractivity contribution in [3.8, 4) is 11.3 Å². The summed E-state index contributed by atoms with van der Waals surface area (Å²) in [7, 11) is -3.35. The molecule has 1 aromatic carbocycles. The molecule has 0 aliphatic heterocycles. The molecule has 0 aliphatic carbocycles. The maximum absolute atomic E-state index is 12.4. The maximum atomic E-state index is 12.4. The third kappa shape index (κ3) is 3.76. The quantitative estimate of drug-likeness (QED) is 0.578. The van der Waals surface area contributed by atoms with Crippen LogP contribution >= 0.6 is 0 Å². The Morgan fingerprint density at radius 2 is 1.89 bits per heavy atom. The second-order valence-corrected chi connectivity index (χ2v) is 9.33. The first-order valence-corrected chi connectivity index (χ1v) is 10.4. The summed E-state index contributed by atoms with van der Waals surface area (Å²) in [6.07, 6.45) is 3.08. The summed E-state index contributed by atoms with van der Waals surface area (Å²) in [4.78, 5) is 24.3. The fraction of sp³-hybridized carbons (Fsp3) is 0.316. The Bertz CT molecular complexity index is 1100. The molecule has 0 bridgehead atoms. The molecule has 8 nitrogen and oxygen atoms in total. The van der Waals surface area contributed by atoms with Crippen molar-refractivity contribution in [1.82, 2.24) is 20.3 Å². The Labute approximate surface area is 163 Å². The van der Waals surface area contributed by atoms with Gasteiger partial charge in [0.15, 0.2) is 15.5 Å². The molecule has 0 saturated heterocycles. The first-order chi connectivity index (χ1) is 13.2. The van der Waals surface area contributed by atoms with E-state index in [0.29, 0.717) is 28.0 Å². The third-order valence-electron chi connectivity index (χ3n) is 4.38. The van der Waals surface area contributed by atoms with Gasteiger partial charge in [0.2, 0.25) is 0 Å². The van der Waals surface area contributed by atoms with E-state index < -0.39 is 15.1 Å². The van der Waals surface area contributed by atoms with Gasteiger partial charge in [-0.05, 0) is 32.9 Å². The summed E-state index contributed by atoms with van der Waals surface area (Å²) < 4.78 is 24.5. The zero-order valence-electron chi connectivity index (χ0n) is 15.8. The van der Waals surface area contributed by atoms with Gasteiger partial charge in [-0.3, -0.25) is 4.79 Å². The first kappa shape index (κ1) is 20.0. The molecular formula is C19H22N4O4S. The van der Waals surface area contributed by atoms with Gasteiger partial charge >= 0.3 is 0 Å². The van der Waals surface area contributed by atoms with E-state index in [4.69, 9.17) is 5.11 Å². The highest BCUT2D eigenvalue weighted by molar-refractivity contribution is 7.92. The topological polar surface area (TPSA) is 125 Å². The molecule has 3 N–H and O–H groups in total. The zero-order chi connectivity index (χ0) is 20.5. The van der Waals surface area contributed by atoms with Crippen molar-refractivity contribution in [3.63, 3.8) is 0 Å². The summed E-state index contributed by atoms with van der Waals surface area (Å²) in [5.41, 5.74) is 2.39. The van der Waals surface area contributed by atoms with Crippen LogP contribution in [-0.4, -0.2) is 52.3 Å². The lowest BCUT2D eigenvalue weighted by atomic mass is 10.1. The Kier molecular flexibility index (Phi) is 5.48. The number of hydrogen-bond acceptors (Lipinski definition) is 6. The van der Waals surface area contributed by atoms with Crippen LogP contribution in [0.2, 0.25) is 0 Å². The molecule has 9 heteroatoms. The number of nitrogens with one attached hydrogen (secondary N) is 2. The van der Waals surface area contributed by atoms with Gasteiger partial charge in [-0.15, -0.1) is 0 Å². The van der Waals surface area contributed by atoms with E-state index in [9.17, 15) is 13.2 Å². The van der Waals surface area contributed by atoms with Crippen molar-refractivity contribution in [3.05, 3.63) is 42.2 Å². The van der Waals surface area contributed by atoms with Crippen molar-refractivity contribution in [1.29, 1.82) is 0 Å². The molecule has 148 valence electrons. The van der Waals surface area contributed by atoms with Gasteiger partial charge < -0.3 is 15.4 Å². The van der Waals surface area contributed by atoms with Crippen LogP contribution < -0.4 is 5.32 Å². The van der Waals surface area contributed by atoms with Crippen LogP contribution in [0, 0.1) is 0 Å². The third-order valence-corrected chi connectivity index (χ3v) is 6.55. The molecule has 0 saturated carbocycles. The van der Waals surface area contributed by atoms with E-state index in [1.165, 1.54) is 6.20 Å². The van der Waals surface area contributed by atoms with Crippen molar-refractivity contribution in [2.24, 2.45) is 0 Å². The molecule has 0 radical (unpaired) electrons. The minimum Gasteiger partial charge on any atom is -0.394 e. The molecule has 0 spiro atoms. The Hall–Kier alpha value is -2.78. The van der Waals surface area contributed by atoms with Gasteiger partial charge in [-0.1, -0.05) is 12.1 Å². The first-order valence-electron chi connectivity index (χ1n) is 8.84. The second kappa shape index (κ2) is 7.69. The van der Waals surface area contributed by atoms with E-state index >= 15 is 0 Å². The fourth-order valence-corrected chi connectivity index (χ4v) is 3.70. The highest BCUT2D eigenvalue weighted by atomic mass is 32.2. The standard InChI is InChI=1S/C19H22N4O4S/c1-11(2)28(26,27)14-6-4-13(5-7-14)16-9-21-18-17(23-16)15(8-20-18)19(25)22-12(3)10-24/h4-9,11-12,24H,10H2,1-3H3,(H,20,21)(H,22,25)/t12-/m1/s1. The summed E-state index contributed by atoms with van der Waals surface area (Å²) in [6.45, 7) is 4.80. The smallest absolute Gasteiger partial charge is 0.255 e. The number of carbonyl (C=O) groups excluding carboxylic acids is 1. The minimum absolute atomic E-state index is 0.170. The molecule has 2 aromatic heterocycles. The average Bonchev–Trinajstić information content (AvgIpc) is 3.11. The van der Waals surface area contributed by atoms with E-state index in [0.717, 1.165) is 0 Å². The molecule has 0 unspecified atom stereocenters. The van der Waals surface area contributed by atoms with Crippen LogP contribution in [0.15, 0.2) is 41.6 Å². The van der Waals surface area contributed by atoms with Gasteiger partial charge in [0.05, 0.1) is 34.2 Å². The molecular weight excluding hydrogens is 380 g/mol. The van der Waals surface area contributed by atoms with Gasteiger partial charge in [-0.2, -0.15) is 0 Å². The second-order valence-electron chi connectivity index (χ2n) is 6.83. The molecule has 0 aliphatic rings. The number of fused-ring (bicyclic) bond motifs is 1. The number of aromatic amines is 1. The van der Waals surface area contributed by atoms with Crippen LogP contribution in [0.1, 0.15) is 31.1 Å². The normalized spacial score (nSPS) is 13.0. The molecule has 3 aromatic rings. The van der Waals surface area contributed by atoms with Gasteiger partial charge in [0, 0.05) is 17.8 Å². The maximum Gasteiger partial charge on any atom is 0.255 e. The lowest BCUT2D eigenvalue weighted by molar-refractivity contribution is 0.0924. The van der Waals surface area contributed by atoms with Crippen molar-refractivity contribution in [2.75, 3.05) is 6.61 Å². The molecule has 2 heterocycles. The molecule has 3 rings (SSSR count). The highest BCUT2D eigenvalue weighted by Gasteiger charge is 2.20. The molecule has 1 atom stereocenters. The number of rotatable bonds is 6. The van der Waals surface area contributed by atoms with E-state index in [1.54, 1.807) is 51.2 Å². The lowest BCUT2D eigenvalue weighted by Crippen LogP contribution is -2.34. The monoisotopic (exact) mass is 402 g/mol. The Morgan fingerprint density at radius 3 is 2.50 bits per heavy atom. The number of aromatic nitrogens is 3. The van der Waals surface area contributed by atoms with E-state index in [-0.39, 0.29) is 23.5 Å². The summed E-state index contributed by atoms with van der Waals surface area (Å²) >= 11 is 0. The Balaban J connectivity index is 1.96. The van der Waals surface area contributed by atoms with E-state index in [1.807, 2.05) is 0 Å². The number of hydrogen-bond donors (Lipinski definition) is 3. The minimum atomic E-state index is -3.35. The van der Waals surface area contributed by atoms with Crippen LogP contribution in [0.25, 0.3) is 22.4 Å². The van der Waals surface area contributed by atoms with E-state index in [2.05, 4.69) is 20.3 Å². The van der Waals surface area contributed by atoms with Gasteiger partial charge in [0.1, 0.15) is 5.52 Å². The van der Waals surface area contributed by atoms with Gasteiger partial charge in [-0.25, -0.2) is 18.4 Å². The lowest BCUT2D eigenvalue weighted by Gasteiger charge is -2.10. The van der Waals surface area contributed by atoms with Crippen LogP contribution in [0.3, 0.4) is 0 Å². The number of amides is 1. The fourth-order valence-electron chi connectivity index (χ4n) is 2.64. The molecule has 0 fully saturated rings. The number of carbonyl (C=O) groups is 1. The summed E-state index contributed by atoms with van der Waals surface area (Å²) in [5.74, 6) is -0.363. The summed E-state index contributed by atoms with van der Waals surface area (Å²) in [6, 6.07) is 6.05. The van der Waals surface area contributed by atoms with Gasteiger partial charge in [0.25, 0.3) is 5.91 Å². The largest absolute Gasteiger partial charge is 0.394 e. The number of aliphatic hydroxyl groups excluding tert-OH is 1. The predicted octanol–water partition coefficient (Wildman–Crippen LogP) is 1.92. The van der Waals surface area contributed by atoms with Crippen LogP contribution in [0.5, 0.6) is 0 Å². The van der Waals surface area contributed by atoms with Crippen LogP contribution in [-0.2, 0) is 9.84 Å². The predicted molar refractivity (Wildman–Crippen MR) is 106 cm³/mol. The number of H-pyrrole nitrogens is 1. The molecule has 1 amide bonds. The van der Waals surface area contributed by atoms with Crippen molar-refractivity contribution >= 4 is 26.9 Å². The van der Waals surface area contributed by atoms with Crippen molar-refractivity contribution < 1.29 is 18.3 Å². The van der Waals surface area contributed by atoms with Crippen LogP contribution in [0.4, 0.5) is 0 Å². The van der Waals surface area contributed by atoms with Crippen molar-refractivity contribution in [2.45, 2.75) is 37.0 Å². The number of nitrogens with zero attached hydrogens (tertiary/aromatic N) is 2. The number of sulfone groups is 1. The average molecular weight is 402 g/mol.